The molecule has 1 unspecified atom stereocenters. The van der Waals surface area contributed by atoms with Gasteiger partial charge < -0.3 is 10.2 Å². The molecular weight excluding hydrogens is 389 g/mol. The third kappa shape index (κ3) is 4.99. The predicted octanol–water partition coefficient (Wildman–Crippen LogP) is 4.24. The van der Waals surface area contributed by atoms with E-state index in [1.807, 2.05) is 18.3 Å². The van der Waals surface area contributed by atoms with Gasteiger partial charge in [0.1, 0.15) is 0 Å². The fourth-order valence-corrected chi connectivity index (χ4v) is 4.15. The van der Waals surface area contributed by atoms with Crippen molar-refractivity contribution in [3.63, 3.8) is 0 Å². The second-order valence-corrected chi connectivity index (χ2v) is 8.29. The maximum atomic E-state index is 12.6. The summed E-state index contributed by atoms with van der Waals surface area (Å²) in [5, 5.41) is 5.84. The van der Waals surface area contributed by atoms with Crippen molar-refractivity contribution in [1.29, 1.82) is 0 Å². The lowest BCUT2D eigenvalue weighted by molar-refractivity contribution is -0.121. The molecule has 26 heavy (non-hydrogen) atoms. The Morgan fingerprint density at radius 2 is 1.96 bits per heavy atom. The lowest BCUT2D eigenvalue weighted by Gasteiger charge is -2.37. The van der Waals surface area contributed by atoms with Crippen LogP contribution in [0.4, 0.5) is 5.69 Å². The molecule has 4 nitrogen and oxygen atoms in total. The zero-order valence-corrected chi connectivity index (χ0v) is 17.1. The Hall–Kier alpha value is -1.11. The van der Waals surface area contributed by atoms with E-state index in [4.69, 9.17) is 23.2 Å². The summed E-state index contributed by atoms with van der Waals surface area (Å²) in [7, 11) is 0. The van der Waals surface area contributed by atoms with E-state index in [1.54, 1.807) is 18.2 Å². The van der Waals surface area contributed by atoms with Gasteiger partial charge in [-0.2, -0.15) is 0 Å². The molecule has 0 spiro atoms. The number of amides is 1. The van der Waals surface area contributed by atoms with Crippen LogP contribution in [0.15, 0.2) is 35.7 Å². The van der Waals surface area contributed by atoms with Crippen LogP contribution in [0.1, 0.15) is 11.8 Å². The zero-order valence-electron chi connectivity index (χ0n) is 14.8. The van der Waals surface area contributed by atoms with Crippen molar-refractivity contribution in [3.8, 4) is 0 Å². The van der Waals surface area contributed by atoms with Crippen LogP contribution in [0.3, 0.4) is 0 Å². The smallest absolute Gasteiger partial charge is 0.241 e. The van der Waals surface area contributed by atoms with Crippen molar-refractivity contribution in [3.05, 3.63) is 50.6 Å². The van der Waals surface area contributed by atoms with Crippen LogP contribution in [-0.4, -0.2) is 54.5 Å². The number of anilines is 1. The van der Waals surface area contributed by atoms with Crippen molar-refractivity contribution < 1.29 is 4.79 Å². The summed E-state index contributed by atoms with van der Waals surface area (Å²) in [5.41, 5.74) is 0.561. The zero-order chi connectivity index (χ0) is 18.5. The predicted molar refractivity (Wildman–Crippen MR) is 111 cm³/mol. The Morgan fingerprint density at radius 3 is 2.65 bits per heavy atom. The fraction of sp³-hybridized carbons (Fsp3) is 0.421. The van der Waals surface area contributed by atoms with Crippen LogP contribution < -0.4 is 5.32 Å². The molecule has 1 aliphatic rings. The van der Waals surface area contributed by atoms with Crippen molar-refractivity contribution in [2.45, 2.75) is 19.4 Å². The average molecular weight is 412 g/mol. The van der Waals surface area contributed by atoms with Gasteiger partial charge in [-0.05, 0) is 36.9 Å². The lowest BCUT2D eigenvalue weighted by Crippen LogP contribution is -2.53. The van der Waals surface area contributed by atoms with Crippen LogP contribution in [0.2, 0.25) is 10.0 Å². The Morgan fingerprint density at radius 1 is 1.19 bits per heavy atom. The van der Waals surface area contributed by atoms with Crippen molar-refractivity contribution in [2.75, 3.05) is 38.0 Å². The number of carbonyl (C=O) groups is 1. The number of halogens is 2. The van der Waals surface area contributed by atoms with E-state index in [2.05, 4.69) is 32.6 Å². The Kier molecular flexibility index (Phi) is 6.95. The minimum atomic E-state index is -0.204. The highest BCUT2D eigenvalue weighted by Crippen LogP contribution is 2.29. The molecule has 1 aromatic heterocycles. The van der Waals surface area contributed by atoms with Gasteiger partial charge in [0.05, 0.1) is 21.8 Å². The van der Waals surface area contributed by atoms with Gasteiger partial charge in [0, 0.05) is 37.6 Å². The number of rotatable bonds is 6. The highest BCUT2D eigenvalue weighted by Gasteiger charge is 2.26. The van der Waals surface area contributed by atoms with Crippen LogP contribution >= 0.6 is 34.5 Å². The standard InChI is InChI=1S/C19H23Cl2N3OS/c1-14(19(25)22-17-6-2-5-16(20)18(17)21)24-11-9-23(10-12-24)8-7-15-4-3-13-26-15/h2-6,13-14H,7-12H2,1H3,(H,22,25). The summed E-state index contributed by atoms with van der Waals surface area (Å²) < 4.78 is 0. The van der Waals surface area contributed by atoms with E-state index >= 15 is 0 Å². The Labute approximate surface area is 168 Å². The Bertz CT molecular complexity index is 730. The molecule has 0 bridgehead atoms. The second-order valence-electron chi connectivity index (χ2n) is 6.47. The molecule has 2 aromatic rings. The number of thiophene rings is 1. The molecule has 7 heteroatoms. The highest BCUT2D eigenvalue weighted by atomic mass is 35.5. The highest BCUT2D eigenvalue weighted by molar-refractivity contribution is 7.09. The normalized spacial score (nSPS) is 17.2. The molecule has 140 valence electrons. The first-order valence-electron chi connectivity index (χ1n) is 8.78. The molecule has 1 saturated heterocycles. The molecule has 2 heterocycles. The van der Waals surface area contributed by atoms with Gasteiger partial charge in [0.2, 0.25) is 5.91 Å². The summed E-state index contributed by atoms with van der Waals surface area (Å²) in [6, 6.07) is 9.34. The largest absolute Gasteiger partial charge is 0.323 e. The van der Waals surface area contributed by atoms with Crippen molar-refractivity contribution in [1.82, 2.24) is 9.80 Å². The van der Waals surface area contributed by atoms with Gasteiger partial charge in [-0.1, -0.05) is 35.3 Å². The van der Waals surface area contributed by atoms with Crippen LogP contribution in [-0.2, 0) is 11.2 Å². The summed E-state index contributed by atoms with van der Waals surface area (Å²) >= 11 is 14.0. The molecule has 1 aromatic carbocycles. The minimum Gasteiger partial charge on any atom is -0.323 e. The summed E-state index contributed by atoms with van der Waals surface area (Å²) in [6.07, 6.45) is 1.10. The van der Waals surface area contributed by atoms with Gasteiger partial charge in [0.25, 0.3) is 0 Å². The summed E-state index contributed by atoms with van der Waals surface area (Å²) in [6.45, 7) is 6.77. The van der Waals surface area contributed by atoms with Crippen LogP contribution in [0, 0.1) is 0 Å². The summed E-state index contributed by atoms with van der Waals surface area (Å²) in [4.78, 5) is 18.7. The first kappa shape index (κ1) is 19.6. The van der Waals surface area contributed by atoms with E-state index in [1.165, 1.54) is 4.88 Å². The quantitative estimate of drug-likeness (QED) is 0.771. The first-order valence-corrected chi connectivity index (χ1v) is 10.4. The monoisotopic (exact) mass is 411 g/mol. The van der Waals surface area contributed by atoms with Gasteiger partial charge in [-0.3, -0.25) is 9.69 Å². The van der Waals surface area contributed by atoms with Crippen molar-refractivity contribution >= 4 is 46.1 Å². The molecule has 1 atom stereocenters. The number of carbonyl (C=O) groups excluding carboxylic acids is 1. The second kappa shape index (κ2) is 9.20. The lowest BCUT2D eigenvalue weighted by atomic mass is 10.2. The SMILES string of the molecule is CC(C(=O)Nc1cccc(Cl)c1Cl)N1CCN(CCc2cccs2)CC1. The molecule has 1 fully saturated rings. The maximum absolute atomic E-state index is 12.6. The molecule has 0 aliphatic carbocycles. The molecule has 1 aliphatic heterocycles. The number of hydrogen-bond donors (Lipinski definition) is 1. The number of benzene rings is 1. The molecule has 0 saturated carbocycles. The molecule has 0 radical (unpaired) electrons. The number of hydrogen-bond acceptors (Lipinski definition) is 4. The molecular formula is C19H23Cl2N3OS. The number of piperazine rings is 1. The van der Waals surface area contributed by atoms with Crippen LogP contribution in [0.25, 0.3) is 0 Å². The van der Waals surface area contributed by atoms with E-state index < -0.39 is 0 Å². The van der Waals surface area contributed by atoms with Gasteiger partial charge in [-0.15, -0.1) is 11.3 Å². The molecule has 1 amide bonds. The van der Waals surface area contributed by atoms with E-state index in [0.717, 1.165) is 39.1 Å². The average Bonchev–Trinajstić information content (AvgIpc) is 3.17. The minimum absolute atomic E-state index is 0.0544. The fourth-order valence-electron chi connectivity index (χ4n) is 3.10. The third-order valence-corrected chi connectivity index (χ3v) is 6.55. The number of nitrogens with one attached hydrogen (secondary N) is 1. The van der Waals surface area contributed by atoms with Gasteiger partial charge in [-0.25, -0.2) is 0 Å². The molecule has 3 rings (SSSR count). The topological polar surface area (TPSA) is 35.6 Å². The van der Waals surface area contributed by atoms with E-state index in [9.17, 15) is 4.79 Å². The van der Waals surface area contributed by atoms with Crippen molar-refractivity contribution in [2.24, 2.45) is 0 Å². The maximum Gasteiger partial charge on any atom is 0.241 e. The van der Waals surface area contributed by atoms with Gasteiger partial charge in [0.15, 0.2) is 0 Å². The third-order valence-electron chi connectivity index (χ3n) is 4.80. The van der Waals surface area contributed by atoms with Gasteiger partial charge >= 0.3 is 0 Å². The van der Waals surface area contributed by atoms with E-state index in [0.29, 0.717) is 15.7 Å². The first-order chi connectivity index (χ1) is 12.5. The molecule has 1 N–H and O–H groups in total. The van der Waals surface area contributed by atoms with E-state index in [-0.39, 0.29) is 11.9 Å². The van der Waals surface area contributed by atoms with Crippen LogP contribution in [0.5, 0.6) is 0 Å². The number of nitrogens with zero attached hydrogens (tertiary/aromatic N) is 2. The summed E-state index contributed by atoms with van der Waals surface area (Å²) in [5.74, 6) is -0.0544. The Balaban J connectivity index is 1.47.